The van der Waals surface area contributed by atoms with Crippen molar-refractivity contribution < 1.29 is 14.3 Å². The number of aromatic nitrogens is 3. The molecule has 0 aliphatic carbocycles. The number of rotatable bonds is 8. The van der Waals surface area contributed by atoms with Crippen molar-refractivity contribution in [1.29, 1.82) is 0 Å². The average molecular weight is 439 g/mol. The standard InChI is InChI=1S/C23H26N4O3S/c1-16-8-10-18(11-9-16)27-22(17-5-3-6-19(13-17)29-2)25-26-23(27)31-15-21(28)24-14-20-7-4-12-30-20/h3,5-6,8-11,13,20H,4,7,12,14-15H2,1-2H3,(H,24,28)/t20-/m1/s1. The van der Waals surface area contributed by atoms with E-state index in [9.17, 15) is 4.79 Å². The number of methoxy groups -OCH3 is 1. The van der Waals surface area contributed by atoms with Crippen LogP contribution in [0.1, 0.15) is 18.4 Å². The Bertz CT molecular complexity index is 1030. The predicted molar refractivity (Wildman–Crippen MR) is 121 cm³/mol. The minimum absolute atomic E-state index is 0.0399. The molecule has 2 aromatic carbocycles. The van der Waals surface area contributed by atoms with Gasteiger partial charge in [0.1, 0.15) is 5.75 Å². The summed E-state index contributed by atoms with van der Waals surface area (Å²) in [4.78, 5) is 12.4. The van der Waals surface area contributed by atoms with E-state index in [2.05, 4.69) is 15.5 Å². The smallest absolute Gasteiger partial charge is 0.230 e. The first-order valence-corrected chi connectivity index (χ1v) is 11.3. The van der Waals surface area contributed by atoms with Crippen molar-refractivity contribution in [1.82, 2.24) is 20.1 Å². The number of ether oxygens (including phenoxy) is 2. The highest BCUT2D eigenvalue weighted by Crippen LogP contribution is 2.29. The topological polar surface area (TPSA) is 78.3 Å². The molecular weight excluding hydrogens is 412 g/mol. The Morgan fingerprint density at radius 3 is 2.84 bits per heavy atom. The van der Waals surface area contributed by atoms with Gasteiger partial charge in [-0.3, -0.25) is 9.36 Å². The van der Waals surface area contributed by atoms with Crippen LogP contribution in [0.25, 0.3) is 17.1 Å². The number of carbonyl (C=O) groups is 1. The molecule has 1 aliphatic rings. The van der Waals surface area contributed by atoms with Crippen LogP contribution in [0.3, 0.4) is 0 Å². The Morgan fingerprint density at radius 2 is 2.10 bits per heavy atom. The highest BCUT2D eigenvalue weighted by molar-refractivity contribution is 7.99. The Morgan fingerprint density at radius 1 is 1.26 bits per heavy atom. The second kappa shape index (κ2) is 9.98. The number of nitrogens with one attached hydrogen (secondary N) is 1. The molecule has 1 fully saturated rings. The van der Waals surface area contributed by atoms with Crippen molar-refractivity contribution in [2.75, 3.05) is 26.0 Å². The summed E-state index contributed by atoms with van der Waals surface area (Å²) in [5.41, 5.74) is 3.00. The monoisotopic (exact) mass is 438 g/mol. The highest BCUT2D eigenvalue weighted by Gasteiger charge is 2.19. The zero-order chi connectivity index (χ0) is 21.6. The van der Waals surface area contributed by atoms with E-state index in [1.165, 1.54) is 17.3 Å². The minimum atomic E-state index is -0.0399. The van der Waals surface area contributed by atoms with E-state index in [0.29, 0.717) is 17.5 Å². The van der Waals surface area contributed by atoms with Crippen LogP contribution in [-0.4, -0.2) is 52.8 Å². The summed E-state index contributed by atoms with van der Waals surface area (Å²) in [7, 11) is 1.64. The molecule has 162 valence electrons. The van der Waals surface area contributed by atoms with E-state index >= 15 is 0 Å². The van der Waals surface area contributed by atoms with Gasteiger partial charge in [-0.15, -0.1) is 10.2 Å². The van der Waals surface area contributed by atoms with Crippen molar-refractivity contribution in [3.05, 3.63) is 54.1 Å². The van der Waals surface area contributed by atoms with Crippen molar-refractivity contribution in [3.63, 3.8) is 0 Å². The number of thioether (sulfide) groups is 1. The van der Waals surface area contributed by atoms with Crippen LogP contribution in [0.4, 0.5) is 0 Å². The Hall–Kier alpha value is -2.84. The molecule has 1 N–H and O–H groups in total. The molecule has 1 atom stereocenters. The maximum atomic E-state index is 12.4. The lowest BCUT2D eigenvalue weighted by Crippen LogP contribution is -2.32. The van der Waals surface area contributed by atoms with Gasteiger partial charge in [0, 0.05) is 24.4 Å². The largest absolute Gasteiger partial charge is 0.497 e. The second-order valence-electron chi connectivity index (χ2n) is 7.44. The molecule has 0 spiro atoms. The maximum Gasteiger partial charge on any atom is 0.230 e. The van der Waals surface area contributed by atoms with Gasteiger partial charge in [-0.2, -0.15) is 0 Å². The lowest BCUT2D eigenvalue weighted by atomic mass is 10.2. The second-order valence-corrected chi connectivity index (χ2v) is 8.38. The number of benzene rings is 2. The van der Waals surface area contributed by atoms with Gasteiger partial charge < -0.3 is 14.8 Å². The summed E-state index contributed by atoms with van der Waals surface area (Å²) in [6.45, 7) is 3.38. The molecule has 1 aromatic heterocycles. The first-order chi connectivity index (χ1) is 15.1. The van der Waals surface area contributed by atoms with Crippen LogP contribution in [-0.2, 0) is 9.53 Å². The molecule has 2 heterocycles. The Balaban J connectivity index is 1.56. The first kappa shape index (κ1) is 21.4. The summed E-state index contributed by atoms with van der Waals surface area (Å²) in [6, 6.07) is 15.9. The molecule has 0 unspecified atom stereocenters. The van der Waals surface area contributed by atoms with Gasteiger partial charge in [-0.1, -0.05) is 41.6 Å². The lowest BCUT2D eigenvalue weighted by Gasteiger charge is -2.12. The Kier molecular flexibility index (Phi) is 6.89. The number of carbonyl (C=O) groups excluding carboxylic acids is 1. The van der Waals surface area contributed by atoms with E-state index in [1.807, 2.05) is 60.0 Å². The van der Waals surface area contributed by atoms with Crippen LogP contribution in [0, 0.1) is 6.92 Å². The fraction of sp³-hybridized carbons (Fsp3) is 0.348. The van der Waals surface area contributed by atoms with Crippen LogP contribution in [0.15, 0.2) is 53.7 Å². The summed E-state index contributed by atoms with van der Waals surface area (Å²) in [5, 5.41) is 12.4. The molecule has 8 heteroatoms. The SMILES string of the molecule is COc1cccc(-c2nnc(SCC(=O)NC[C@H]3CCCO3)n2-c2ccc(C)cc2)c1. The summed E-state index contributed by atoms with van der Waals surface area (Å²) in [6.07, 6.45) is 2.19. The number of hydrogen-bond acceptors (Lipinski definition) is 6. The van der Waals surface area contributed by atoms with Crippen LogP contribution in [0.2, 0.25) is 0 Å². The molecule has 1 aliphatic heterocycles. The molecular formula is C23H26N4O3S. The van der Waals surface area contributed by atoms with E-state index in [1.54, 1.807) is 7.11 Å². The van der Waals surface area contributed by atoms with E-state index < -0.39 is 0 Å². The van der Waals surface area contributed by atoms with Gasteiger partial charge >= 0.3 is 0 Å². The normalized spacial score (nSPS) is 15.7. The maximum absolute atomic E-state index is 12.4. The first-order valence-electron chi connectivity index (χ1n) is 10.3. The van der Waals surface area contributed by atoms with Crippen molar-refractivity contribution in [3.8, 4) is 22.8 Å². The Labute approximate surface area is 186 Å². The van der Waals surface area contributed by atoms with Gasteiger partial charge in [0.05, 0.1) is 19.0 Å². The summed E-state index contributed by atoms with van der Waals surface area (Å²) in [5.74, 6) is 1.67. The van der Waals surface area contributed by atoms with Crippen molar-refractivity contribution in [2.24, 2.45) is 0 Å². The van der Waals surface area contributed by atoms with Gasteiger partial charge in [-0.05, 0) is 44.0 Å². The predicted octanol–water partition coefficient (Wildman–Crippen LogP) is 3.64. The van der Waals surface area contributed by atoms with E-state index in [4.69, 9.17) is 9.47 Å². The van der Waals surface area contributed by atoms with Gasteiger partial charge in [0.25, 0.3) is 0 Å². The van der Waals surface area contributed by atoms with Gasteiger partial charge in [0.15, 0.2) is 11.0 Å². The fourth-order valence-electron chi connectivity index (χ4n) is 3.45. The molecule has 3 aromatic rings. The molecule has 0 bridgehead atoms. The number of aryl methyl sites for hydroxylation is 1. The molecule has 0 radical (unpaired) electrons. The fourth-order valence-corrected chi connectivity index (χ4v) is 4.24. The van der Waals surface area contributed by atoms with E-state index in [0.717, 1.165) is 36.4 Å². The number of amides is 1. The number of nitrogens with zero attached hydrogens (tertiary/aromatic N) is 3. The van der Waals surface area contributed by atoms with Gasteiger partial charge in [-0.25, -0.2) is 0 Å². The molecule has 31 heavy (non-hydrogen) atoms. The van der Waals surface area contributed by atoms with Crippen LogP contribution >= 0.6 is 11.8 Å². The third kappa shape index (κ3) is 5.26. The van der Waals surface area contributed by atoms with Gasteiger partial charge in [0.2, 0.25) is 5.91 Å². The summed E-state index contributed by atoms with van der Waals surface area (Å²) >= 11 is 1.37. The molecule has 4 rings (SSSR count). The molecule has 7 nitrogen and oxygen atoms in total. The van der Waals surface area contributed by atoms with Crippen molar-refractivity contribution >= 4 is 17.7 Å². The highest BCUT2D eigenvalue weighted by atomic mass is 32.2. The quantitative estimate of drug-likeness (QED) is 0.541. The van der Waals surface area contributed by atoms with Crippen molar-refractivity contribution in [2.45, 2.75) is 31.0 Å². The third-order valence-corrected chi connectivity index (χ3v) is 6.07. The molecule has 1 saturated heterocycles. The molecule has 0 saturated carbocycles. The summed E-state index contributed by atoms with van der Waals surface area (Å²) < 4.78 is 12.9. The van der Waals surface area contributed by atoms with Crippen LogP contribution < -0.4 is 10.1 Å². The number of hydrogen-bond donors (Lipinski definition) is 1. The van der Waals surface area contributed by atoms with Crippen LogP contribution in [0.5, 0.6) is 5.75 Å². The molecule has 1 amide bonds. The zero-order valence-corrected chi connectivity index (χ0v) is 18.5. The average Bonchev–Trinajstić information content (AvgIpc) is 3.47. The lowest BCUT2D eigenvalue weighted by molar-refractivity contribution is -0.119. The zero-order valence-electron chi connectivity index (χ0n) is 17.7. The third-order valence-electron chi connectivity index (χ3n) is 5.14. The minimum Gasteiger partial charge on any atom is -0.497 e. The van der Waals surface area contributed by atoms with E-state index in [-0.39, 0.29) is 17.8 Å².